The van der Waals surface area contributed by atoms with E-state index in [9.17, 15) is 9.18 Å². The van der Waals surface area contributed by atoms with Gasteiger partial charge in [-0.3, -0.25) is 4.90 Å². The van der Waals surface area contributed by atoms with Crippen molar-refractivity contribution in [1.29, 1.82) is 0 Å². The third-order valence-electron chi connectivity index (χ3n) is 4.81. The molecule has 9 heteroatoms. The first-order valence-electron chi connectivity index (χ1n) is 9.11. The first-order chi connectivity index (χ1) is 14.0. The summed E-state index contributed by atoms with van der Waals surface area (Å²) in [5.41, 5.74) is 1.34. The third kappa shape index (κ3) is 4.55. The lowest BCUT2D eigenvalue weighted by Crippen LogP contribution is -2.39. The SMILES string of the molecule is CN1C[C@@H](NC(=O)Nc2ccc(Cl)cc2)C[C@H]1c1nc(-c2ccc(F)cc2)no1. The van der Waals surface area contributed by atoms with E-state index in [1.165, 1.54) is 12.1 Å². The fourth-order valence-corrected chi connectivity index (χ4v) is 3.49. The Morgan fingerprint density at radius 1 is 1.21 bits per heavy atom. The zero-order chi connectivity index (χ0) is 20.4. The van der Waals surface area contributed by atoms with Gasteiger partial charge in [0.15, 0.2) is 0 Å². The number of urea groups is 1. The highest BCUT2D eigenvalue weighted by atomic mass is 35.5. The molecule has 3 aromatic rings. The van der Waals surface area contributed by atoms with Gasteiger partial charge in [0, 0.05) is 28.9 Å². The summed E-state index contributed by atoms with van der Waals surface area (Å²) >= 11 is 5.85. The van der Waals surface area contributed by atoms with Crippen LogP contribution >= 0.6 is 11.6 Å². The zero-order valence-electron chi connectivity index (χ0n) is 15.6. The molecule has 0 bridgehead atoms. The number of carbonyl (C=O) groups excluding carboxylic acids is 1. The fraction of sp³-hybridized carbons (Fsp3) is 0.250. The van der Waals surface area contributed by atoms with Crippen LogP contribution in [0, 0.1) is 5.82 Å². The molecular weight excluding hydrogens is 397 g/mol. The van der Waals surface area contributed by atoms with Crippen LogP contribution in [0.2, 0.25) is 5.02 Å². The molecule has 0 radical (unpaired) electrons. The second kappa shape index (κ2) is 8.18. The Morgan fingerprint density at radius 2 is 1.93 bits per heavy atom. The normalized spacial score (nSPS) is 19.3. The molecule has 2 aromatic carbocycles. The minimum absolute atomic E-state index is 0.0709. The Balaban J connectivity index is 1.38. The standard InChI is InChI=1S/C20H19ClFN5O2/c1-27-11-16(24-20(28)23-15-8-4-13(21)5-9-15)10-17(27)19-25-18(26-29-19)12-2-6-14(22)7-3-12/h2-9,16-17H,10-11H2,1H3,(H2,23,24,28)/t16-,17-/m0/s1. The molecule has 2 amide bonds. The van der Waals surface area contributed by atoms with Crippen molar-refractivity contribution in [2.24, 2.45) is 0 Å². The summed E-state index contributed by atoms with van der Waals surface area (Å²) in [5, 5.41) is 10.4. The molecule has 7 nitrogen and oxygen atoms in total. The molecule has 2 heterocycles. The highest BCUT2D eigenvalue weighted by Gasteiger charge is 2.35. The maximum absolute atomic E-state index is 13.1. The summed E-state index contributed by atoms with van der Waals surface area (Å²) in [6, 6.07) is 12.3. The number of nitrogens with one attached hydrogen (secondary N) is 2. The van der Waals surface area contributed by atoms with Gasteiger partial charge in [-0.15, -0.1) is 0 Å². The highest BCUT2D eigenvalue weighted by Crippen LogP contribution is 2.31. The molecule has 0 spiro atoms. The Hall–Kier alpha value is -2.97. The second-order valence-corrected chi connectivity index (χ2v) is 7.39. The molecule has 2 N–H and O–H groups in total. The van der Waals surface area contributed by atoms with Gasteiger partial charge in [-0.25, -0.2) is 9.18 Å². The number of aromatic nitrogens is 2. The minimum Gasteiger partial charge on any atom is -0.337 e. The van der Waals surface area contributed by atoms with Crippen LogP contribution in [0.5, 0.6) is 0 Å². The topological polar surface area (TPSA) is 83.3 Å². The number of nitrogens with zero attached hydrogens (tertiary/aromatic N) is 3. The average molecular weight is 416 g/mol. The van der Waals surface area contributed by atoms with E-state index in [1.54, 1.807) is 36.4 Å². The summed E-state index contributed by atoms with van der Waals surface area (Å²) in [6.07, 6.45) is 0.635. The summed E-state index contributed by atoms with van der Waals surface area (Å²) in [7, 11) is 1.94. The van der Waals surface area contributed by atoms with Crippen molar-refractivity contribution in [3.05, 3.63) is 65.3 Å². The van der Waals surface area contributed by atoms with Gasteiger partial charge < -0.3 is 15.2 Å². The lowest BCUT2D eigenvalue weighted by Gasteiger charge is -2.14. The highest BCUT2D eigenvalue weighted by molar-refractivity contribution is 6.30. The Labute approximate surface area is 171 Å². The molecule has 1 aliphatic rings. The average Bonchev–Trinajstić information content (AvgIpc) is 3.31. The van der Waals surface area contributed by atoms with Gasteiger partial charge in [0.25, 0.3) is 0 Å². The molecule has 1 aromatic heterocycles. The van der Waals surface area contributed by atoms with Crippen molar-refractivity contribution >= 4 is 23.3 Å². The number of rotatable bonds is 4. The maximum Gasteiger partial charge on any atom is 0.319 e. The molecule has 0 aliphatic carbocycles. The monoisotopic (exact) mass is 415 g/mol. The zero-order valence-corrected chi connectivity index (χ0v) is 16.4. The number of anilines is 1. The van der Waals surface area contributed by atoms with E-state index >= 15 is 0 Å². The van der Waals surface area contributed by atoms with Gasteiger partial charge in [-0.2, -0.15) is 4.98 Å². The first kappa shape index (κ1) is 19.4. The summed E-state index contributed by atoms with van der Waals surface area (Å²) < 4.78 is 18.5. The van der Waals surface area contributed by atoms with E-state index in [0.717, 1.165) is 0 Å². The van der Waals surface area contributed by atoms with Crippen molar-refractivity contribution < 1.29 is 13.7 Å². The number of likely N-dealkylation sites (tertiary alicyclic amines) is 1. The van der Waals surface area contributed by atoms with Crippen LogP contribution in [0.4, 0.5) is 14.9 Å². The van der Waals surface area contributed by atoms with E-state index < -0.39 is 0 Å². The van der Waals surface area contributed by atoms with Gasteiger partial charge in [-0.1, -0.05) is 16.8 Å². The summed E-state index contributed by atoms with van der Waals surface area (Å²) in [6.45, 7) is 0.646. The number of likely N-dealkylation sites (N-methyl/N-ethyl adjacent to an activating group) is 1. The second-order valence-electron chi connectivity index (χ2n) is 6.96. The smallest absolute Gasteiger partial charge is 0.319 e. The molecule has 4 rings (SSSR count). The van der Waals surface area contributed by atoms with E-state index in [2.05, 4.69) is 25.7 Å². The van der Waals surface area contributed by atoms with E-state index in [1.807, 2.05) is 7.05 Å². The Kier molecular flexibility index (Phi) is 5.46. The number of amides is 2. The van der Waals surface area contributed by atoms with Crippen LogP contribution in [0.15, 0.2) is 53.1 Å². The number of hydrogen-bond donors (Lipinski definition) is 2. The van der Waals surface area contributed by atoms with Gasteiger partial charge in [0.05, 0.1) is 6.04 Å². The molecule has 2 atom stereocenters. The lowest BCUT2D eigenvalue weighted by molar-refractivity contribution is 0.243. The molecular formula is C20H19ClFN5O2. The van der Waals surface area contributed by atoms with Crippen LogP contribution in [-0.4, -0.2) is 40.7 Å². The number of carbonyl (C=O) groups is 1. The van der Waals surface area contributed by atoms with Gasteiger partial charge >= 0.3 is 6.03 Å². The Morgan fingerprint density at radius 3 is 2.66 bits per heavy atom. The summed E-state index contributed by atoms with van der Waals surface area (Å²) in [5.74, 6) is 0.554. The van der Waals surface area contributed by atoms with Crippen LogP contribution in [-0.2, 0) is 0 Å². The van der Waals surface area contributed by atoms with Crippen LogP contribution in [0.25, 0.3) is 11.4 Å². The van der Waals surface area contributed by atoms with Crippen LogP contribution in [0.3, 0.4) is 0 Å². The molecule has 1 aliphatic heterocycles. The molecule has 150 valence electrons. The molecule has 1 fully saturated rings. The first-order valence-corrected chi connectivity index (χ1v) is 9.48. The van der Waals surface area contributed by atoms with Crippen molar-refractivity contribution in [3.63, 3.8) is 0 Å². The van der Waals surface area contributed by atoms with Crippen LogP contribution in [0.1, 0.15) is 18.4 Å². The number of benzene rings is 2. The van der Waals surface area contributed by atoms with Gasteiger partial charge in [-0.05, 0) is 62.0 Å². The van der Waals surface area contributed by atoms with Crippen molar-refractivity contribution in [2.45, 2.75) is 18.5 Å². The largest absolute Gasteiger partial charge is 0.337 e. The number of hydrogen-bond acceptors (Lipinski definition) is 5. The van der Waals surface area contributed by atoms with E-state index in [-0.39, 0.29) is 23.9 Å². The van der Waals surface area contributed by atoms with Crippen molar-refractivity contribution in [1.82, 2.24) is 20.4 Å². The molecule has 0 saturated carbocycles. The van der Waals surface area contributed by atoms with Crippen molar-refractivity contribution in [2.75, 3.05) is 18.9 Å². The maximum atomic E-state index is 13.1. The lowest BCUT2D eigenvalue weighted by atomic mass is 10.1. The summed E-state index contributed by atoms with van der Waals surface area (Å²) in [4.78, 5) is 18.8. The Bertz CT molecular complexity index is 993. The van der Waals surface area contributed by atoms with Crippen LogP contribution < -0.4 is 10.6 Å². The van der Waals surface area contributed by atoms with E-state index in [0.29, 0.717) is 41.0 Å². The van der Waals surface area contributed by atoms with Gasteiger partial charge in [0.1, 0.15) is 5.82 Å². The van der Waals surface area contributed by atoms with Crippen molar-refractivity contribution in [3.8, 4) is 11.4 Å². The predicted octanol–water partition coefficient (Wildman–Crippen LogP) is 4.10. The van der Waals surface area contributed by atoms with E-state index in [4.69, 9.17) is 16.1 Å². The van der Waals surface area contributed by atoms with Gasteiger partial charge in [0.2, 0.25) is 11.7 Å². The molecule has 0 unspecified atom stereocenters. The quantitative estimate of drug-likeness (QED) is 0.670. The number of halogens is 2. The predicted molar refractivity (Wildman–Crippen MR) is 107 cm³/mol. The third-order valence-corrected chi connectivity index (χ3v) is 5.07. The minimum atomic E-state index is -0.321. The fourth-order valence-electron chi connectivity index (χ4n) is 3.37. The molecule has 29 heavy (non-hydrogen) atoms. The molecule has 1 saturated heterocycles.